The first-order valence-electron chi connectivity index (χ1n) is 25.2. The molecule has 0 aliphatic carbocycles. The van der Waals surface area contributed by atoms with Gasteiger partial charge >= 0.3 is 0 Å². The SMILES string of the molecule is CC(C)(C)c1ccnc(-n2c3[c-]c(Oc4[c-]c(N5[CH-]N(c6cc7c8c(c6)C(C)(C)c6cccc9c6N8c6c(cccc6C7(C)C)C9(C)C)c6ccccc65)ccc4)ccc3c3cc(C(C)(C)C)ccc32)c1.[Pt]. The van der Waals surface area contributed by atoms with Crippen LogP contribution in [0.25, 0.3) is 27.6 Å². The number of ether oxygens (including phenoxy) is 1. The molecule has 0 spiro atoms. The number of hydrogen-bond acceptors (Lipinski definition) is 5. The minimum absolute atomic E-state index is 0. The van der Waals surface area contributed by atoms with E-state index in [9.17, 15) is 0 Å². The van der Waals surface area contributed by atoms with Gasteiger partial charge in [0.05, 0.1) is 17.1 Å². The van der Waals surface area contributed by atoms with Gasteiger partial charge in [0.15, 0.2) is 0 Å². The fraction of sp³-hybridized carbons (Fsp3) is 0.262. The van der Waals surface area contributed by atoms with Crippen LogP contribution in [0.4, 0.5) is 39.8 Å². The van der Waals surface area contributed by atoms with Crippen LogP contribution in [0.15, 0.2) is 140 Å². The molecule has 9 aromatic rings. The Labute approximate surface area is 439 Å². The largest absolute Gasteiger partial charge is 0.509 e. The first-order chi connectivity index (χ1) is 33.7. The fourth-order valence-corrected chi connectivity index (χ4v) is 12.3. The van der Waals surface area contributed by atoms with E-state index in [2.05, 4.69) is 242 Å². The van der Waals surface area contributed by atoms with Crippen molar-refractivity contribution >= 4 is 61.6 Å². The number of anilines is 7. The summed E-state index contributed by atoms with van der Waals surface area (Å²) in [6.45, 7) is 30.2. The molecule has 0 amide bonds. The molecule has 0 saturated carbocycles. The van der Waals surface area contributed by atoms with Gasteiger partial charge < -0.3 is 24.0 Å². The Bertz CT molecular complexity index is 3660. The molecule has 2 aromatic heterocycles. The Morgan fingerprint density at radius 1 is 0.514 bits per heavy atom. The number of para-hydroxylation sites is 4. The van der Waals surface area contributed by atoms with E-state index in [1.165, 1.54) is 67.0 Å². The average molecular weight is 1120 g/mol. The summed E-state index contributed by atoms with van der Waals surface area (Å²) in [6.07, 6.45) is 1.92. The maximum atomic E-state index is 6.76. The summed E-state index contributed by atoms with van der Waals surface area (Å²) in [6, 6.07) is 56.4. The topological polar surface area (TPSA) is 36.8 Å². The Balaban J connectivity index is 0.00000530. The van der Waals surface area contributed by atoms with Crippen LogP contribution in [0.5, 0.6) is 11.5 Å². The van der Waals surface area contributed by atoms with E-state index in [4.69, 9.17) is 9.72 Å². The molecule has 364 valence electrons. The van der Waals surface area contributed by atoms with Gasteiger partial charge in [-0.1, -0.05) is 149 Å². The van der Waals surface area contributed by atoms with Gasteiger partial charge in [0.25, 0.3) is 0 Å². The molecule has 0 fully saturated rings. The van der Waals surface area contributed by atoms with Gasteiger partial charge in [0.2, 0.25) is 0 Å². The number of benzene rings is 7. The molecule has 7 aromatic carbocycles. The van der Waals surface area contributed by atoms with E-state index < -0.39 is 0 Å². The molecule has 0 atom stereocenters. The van der Waals surface area contributed by atoms with Gasteiger partial charge in [-0.15, -0.1) is 48.1 Å². The van der Waals surface area contributed by atoms with Crippen LogP contribution < -0.4 is 19.4 Å². The second kappa shape index (κ2) is 15.4. The van der Waals surface area contributed by atoms with Crippen molar-refractivity contribution in [3.8, 4) is 17.3 Å². The zero-order valence-electron chi connectivity index (χ0n) is 43.3. The molecule has 6 nitrogen and oxygen atoms in total. The fourth-order valence-electron chi connectivity index (χ4n) is 12.3. The number of fused-ring (bicyclic) bond motifs is 4. The van der Waals surface area contributed by atoms with Crippen LogP contribution >= 0.6 is 0 Å². The van der Waals surface area contributed by atoms with E-state index >= 15 is 0 Å². The van der Waals surface area contributed by atoms with Crippen LogP contribution in [0, 0.1) is 18.8 Å². The molecule has 0 bridgehead atoms. The van der Waals surface area contributed by atoms with Crippen molar-refractivity contribution in [2.45, 2.75) is 110 Å². The molecule has 0 N–H and O–H groups in total. The maximum Gasteiger partial charge on any atom is 0.135 e. The van der Waals surface area contributed by atoms with E-state index in [0.717, 1.165) is 45.0 Å². The van der Waals surface area contributed by atoms with E-state index in [-0.39, 0.29) is 48.1 Å². The summed E-state index contributed by atoms with van der Waals surface area (Å²) < 4.78 is 9.00. The summed E-state index contributed by atoms with van der Waals surface area (Å²) in [5.74, 6) is 2.08. The van der Waals surface area contributed by atoms with Crippen molar-refractivity contribution < 1.29 is 25.8 Å². The number of aromatic nitrogens is 2. The van der Waals surface area contributed by atoms with Crippen LogP contribution in [0.3, 0.4) is 0 Å². The van der Waals surface area contributed by atoms with E-state index in [0.29, 0.717) is 11.5 Å². The molecular formula is C65H60N5OPt-3. The second-order valence-electron chi connectivity index (χ2n) is 23.9. The minimum Gasteiger partial charge on any atom is -0.509 e. The van der Waals surface area contributed by atoms with E-state index in [1.54, 1.807) is 0 Å². The van der Waals surface area contributed by atoms with Gasteiger partial charge in [0, 0.05) is 77.6 Å². The van der Waals surface area contributed by atoms with Crippen LogP contribution in [0.2, 0.25) is 0 Å². The molecule has 72 heavy (non-hydrogen) atoms. The summed E-state index contributed by atoms with van der Waals surface area (Å²) in [7, 11) is 0. The minimum atomic E-state index is -0.257. The van der Waals surface area contributed by atoms with Crippen molar-refractivity contribution in [1.29, 1.82) is 0 Å². The van der Waals surface area contributed by atoms with Crippen molar-refractivity contribution in [1.82, 2.24) is 9.55 Å². The molecule has 7 heteroatoms. The van der Waals surface area contributed by atoms with Crippen LogP contribution in [-0.2, 0) is 48.1 Å². The summed E-state index contributed by atoms with van der Waals surface area (Å²) in [5, 5.41) is 2.27. The molecule has 4 aliphatic rings. The second-order valence-corrected chi connectivity index (χ2v) is 23.9. The number of pyridine rings is 1. The monoisotopic (exact) mass is 1120 g/mol. The zero-order chi connectivity index (χ0) is 49.3. The van der Waals surface area contributed by atoms with Crippen molar-refractivity contribution in [2.75, 3.05) is 14.7 Å². The molecular weight excluding hydrogens is 1060 g/mol. The van der Waals surface area contributed by atoms with Gasteiger partial charge in [0.1, 0.15) is 5.82 Å². The normalized spacial score (nSPS) is 16.4. The molecule has 0 saturated heterocycles. The average Bonchev–Trinajstić information content (AvgIpc) is 3.88. The number of rotatable bonds is 5. The third-order valence-electron chi connectivity index (χ3n) is 16.4. The number of nitrogens with zero attached hydrogens (tertiary/aromatic N) is 5. The standard InChI is InChI=1S/C65H60N5O.Pt/c1-61(2,3)39-26-29-53-46(32-39)45-28-27-44(37-56(45)69(53)57-33-40(30-31-66-57)62(4,5)6)71-43-19-15-18-41(34-43)67-38-68(55-25-14-13-24-54(55)67)42-35-51-60-52(36-42)65(11,12)50-23-17-21-48-59(50)70(60)58-47(63(48,7)8)20-16-22-49(58)64(51,9)10;/h13-33,35-36,38H,1-12H3;/q-3;. The van der Waals surface area contributed by atoms with Crippen molar-refractivity contribution in [3.05, 3.63) is 203 Å². The van der Waals surface area contributed by atoms with Gasteiger partial charge in [-0.2, -0.15) is 12.1 Å². The van der Waals surface area contributed by atoms with Gasteiger partial charge in [-0.05, 0) is 103 Å². The Morgan fingerprint density at radius 2 is 1.06 bits per heavy atom. The first kappa shape index (κ1) is 46.4. The van der Waals surface area contributed by atoms with Gasteiger partial charge in [-0.3, -0.25) is 0 Å². The van der Waals surface area contributed by atoms with E-state index in [1.807, 2.05) is 18.3 Å². The van der Waals surface area contributed by atoms with Crippen LogP contribution in [0.1, 0.15) is 128 Å². The maximum absolute atomic E-state index is 6.76. The quantitative estimate of drug-likeness (QED) is 0.161. The van der Waals surface area contributed by atoms with Crippen molar-refractivity contribution in [2.24, 2.45) is 0 Å². The molecule has 4 aliphatic heterocycles. The summed E-state index contributed by atoms with van der Waals surface area (Å²) in [4.78, 5) is 12.2. The Morgan fingerprint density at radius 3 is 1.67 bits per heavy atom. The third-order valence-corrected chi connectivity index (χ3v) is 16.4. The summed E-state index contributed by atoms with van der Waals surface area (Å²) in [5.41, 5.74) is 20.3. The first-order valence-corrected chi connectivity index (χ1v) is 25.2. The van der Waals surface area contributed by atoms with Crippen LogP contribution in [-0.4, -0.2) is 9.55 Å². The molecule has 0 radical (unpaired) electrons. The van der Waals surface area contributed by atoms with Crippen molar-refractivity contribution in [3.63, 3.8) is 0 Å². The molecule has 13 rings (SSSR count). The Kier molecular flexibility index (Phi) is 9.97. The zero-order valence-corrected chi connectivity index (χ0v) is 45.6. The third kappa shape index (κ3) is 6.53. The molecule has 0 unspecified atom stereocenters. The Hall–Kier alpha value is -6.62. The number of hydrogen-bond donors (Lipinski definition) is 0. The predicted octanol–water partition coefficient (Wildman–Crippen LogP) is 17.0. The summed E-state index contributed by atoms with van der Waals surface area (Å²) >= 11 is 0. The molecule has 6 heterocycles. The smallest absolute Gasteiger partial charge is 0.135 e. The van der Waals surface area contributed by atoms with Gasteiger partial charge in [-0.25, -0.2) is 4.98 Å². The predicted molar refractivity (Wildman–Crippen MR) is 293 cm³/mol.